The summed E-state index contributed by atoms with van der Waals surface area (Å²) in [4.78, 5) is 18.9. The fraction of sp³-hybridized carbons (Fsp3) is 0.154. The van der Waals surface area contributed by atoms with Crippen LogP contribution in [0.15, 0.2) is 88.7 Å². The molecule has 1 N–H and O–H groups in total. The summed E-state index contributed by atoms with van der Waals surface area (Å²) < 4.78 is 38.2. The summed E-state index contributed by atoms with van der Waals surface area (Å²) in [5.41, 5.74) is 2.85. The van der Waals surface area contributed by atoms with E-state index >= 15 is 0 Å². The summed E-state index contributed by atoms with van der Waals surface area (Å²) in [7, 11) is -2.32. The second-order valence-electron chi connectivity index (χ2n) is 7.63. The molecule has 0 spiro atoms. The number of carbonyl (C=O) groups is 1. The highest BCUT2D eigenvalue weighted by Gasteiger charge is 2.20. The van der Waals surface area contributed by atoms with Gasteiger partial charge in [0.15, 0.2) is 11.5 Å². The lowest BCUT2D eigenvalue weighted by molar-refractivity contribution is 0.0981. The Morgan fingerprint density at radius 3 is 2.44 bits per heavy atom. The number of benzene rings is 2. The third-order valence-electron chi connectivity index (χ3n) is 5.25. The fourth-order valence-corrected chi connectivity index (χ4v) is 5.51. The monoisotopic (exact) mass is 523 g/mol. The molecule has 0 aliphatic heterocycles. The molecular weight excluding hydrogens is 498 g/mol. The Bertz CT molecular complexity index is 1410. The maximum Gasteiger partial charge on any atom is 0.273 e. The molecule has 0 atom stereocenters. The van der Waals surface area contributed by atoms with Crippen molar-refractivity contribution in [3.05, 3.63) is 95.6 Å². The number of thiophene rings is 1. The van der Waals surface area contributed by atoms with Crippen LogP contribution in [0.5, 0.6) is 11.5 Å². The van der Waals surface area contributed by atoms with Crippen LogP contribution in [0.4, 0.5) is 11.4 Å². The van der Waals surface area contributed by atoms with E-state index in [1.54, 1.807) is 55.2 Å². The number of rotatable bonds is 10. The molecule has 0 radical (unpaired) electrons. The lowest BCUT2D eigenvalue weighted by Crippen LogP contribution is -2.30. The first kappa shape index (κ1) is 25.2. The maximum absolute atomic E-state index is 12.6. The van der Waals surface area contributed by atoms with Crippen LogP contribution in [-0.2, 0) is 16.6 Å². The molecule has 2 heterocycles. The quantitative estimate of drug-likeness (QED) is 0.312. The first-order valence-electron chi connectivity index (χ1n) is 11.1. The smallest absolute Gasteiger partial charge is 0.273 e. The molecule has 0 aliphatic rings. The van der Waals surface area contributed by atoms with E-state index in [1.807, 2.05) is 42.2 Å². The number of aromatic nitrogens is 1. The number of amides is 1. The molecule has 0 bridgehead atoms. The minimum absolute atomic E-state index is 0.0831. The van der Waals surface area contributed by atoms with Crippen LogP contribution < -0.4 is 19.1 Å². The van der Waals surface area contributed by atoms with Crippen LogP contribution in [0.1, 0.15) is 22.8 Å². The molecule has 0 saturated carbocycles. The van der Waals surface area contributed by atoms with Crippen LogP contribution in [0, 0.1) is 0 Å². The molecule has 8 nitrogen and oxygen atoms in total. The zero-order valence-corrected chi connectivity index (χ0v) is 21.4. The molecule has 0 saturated heterocycles. The summed E-state index contributed by atoms with van der Waals surface area (Å²) in [6.45, 7) is 2.90. The molecule has 4 aromatic rings. The van der Waals surface area contributed by atoms with Gasteiger partial charge < -0.3 is 14.4 Å². The van der Waals surface area contributed by atoms with Gasteiger partial charge in [0.1, 0.15) is 4.21 Å². The minimum atomic E-state index is -3.92. The van der Waals surface area contributed by atoms with E-state index in [1.165, 1.54) is 6.07 Å². The van der Waals surface area contributed by atoms with E-state index in [9.17, 15) is 13.2 Å². The van der Waals surface area contributed by atoms with Crippen molar-refractivity contribution in [2.24, 2.45) is 0 Å². The van der Waals surface area contributed by atoms with E-state index in [0.29, 0.717) is 24.7 Å². The van der Waals surface area contributed by atoms with Gasteiger partial charge in [-0.2, -0.15) is 0 Å². The van der Waals surface area contributed by atoms with Gasteiger partial charge in [-0.05, 0) is 66.4 Å². The van der Waals surface area contributed by atoms with Crippen molar-refractivity contribution in [1.82, 2.24) is 9.71 Å². The molecule has 0 aliphatic carbocycles. The SMILES string of the molecule is CCOc1cc(N(Cc2cccnc2)c2ccc(C(=O)NS(=O)(=O)c3cccs3)cc2)ccc1OC. The molecule has 0 unspecified atom stereocenters. The van der Waals surface area contributed by atoms with Crippen LogP contribution in [0.2, 0.25) is 0 Å². The minimum Gasteiger partial charge on any atom is -0.493 e. The average molecular weight is 524 g/mol. The van der Waals surface area contributed by atoms with E-state index in [-0.39, 0.29) is 9.77 Å². The van der Waals surface area contributed by atoms with Crippen molar-refractivity contribution in [2.75, 3.05) is 18.6 Å². The van der Waals surface area contributed by atoms with E-state index < -0.39 is 15.9 Å². The van der Waals surface area contributed by atoms with E-state index in [0.717, 1.165) is 28.3 Å². The zero-order valence-electron chi connectivity index (χ0n) is 19.7. The summed E-state index contributed by atoms with van der Waals surface area (Å²) >= 11 is 1.05. The van der Waals surface area contributed by atoms with Gasteiger partial charge in [-0.1, -0.05) is 12.1 Å². The van der Waals surface area contributed by atoms with Crippen molar-refractivity contribution in [1.29, 1.82) is 0 Å². The number of sulfonamides is 1. The Labute approximate surface area is 214 Å². The second-order valence-corrected chi connectivity index (χ2v) is 10.5. The second kappa shape index (κ2) is 11.2. The summed E-state index contributed by atoms with van der Waals surface area (Å²) in [6.07, 6.45) is 3.50. The van der Waals surface area contributed by atoms with Crippen molar-refractivity contribution < 1.29 is 22.7 Å². The predicted octanol–water partition coefficient (Wildman–Crippen LogP) is 5.01. The summed E-state index contributed by atoms with van der Waals surface area (Å²) in [6, 6.07) is 19.3. The fourth-order valence-electron chi connectivity index (χ4n) is 3.55. The highest BCUT2D eigenvalue weighted by molar-refractivity contribution is 7.92. The molecule has 4 rings (SSSR count). The number of nitrogens with zero attached hydrogens (tertiary/aromatic N) is 2. The largest absolute Gasteiger partial charge is 0.493 e. The van der Waals surface area contributed by atoms with Crippen molar-refractivity contribution in [2.45, 2.75) is 17.7 Å². The number of pyridine rings is 1. The van der Waals surface area contributed by atoms with Crippen LogP contribution >= 0.6 is 11.3 Å². The third-order valence-corrected chi connectivity index (χ3v) is 7.98. The maximum atomic E-state index is 12.6. The van der Waals surface area contributed by atoms with Crippen LogP contribution in [-0.4, -0.2) is 33.0 Å². The molecule has 2 aromatic carbocycles. The average Bonchev–Trinajstić information content (AvgIpc) is 3.44. The van der Waals surface area contributed by atoms with E-state index in [2.05, 4.69) is 9.71 Å². The molecule has 36 heavy (non-hydrogen) atoms. The third kappa shape index (κ3) is 5.84. The Morgan fingerprint density at radius 2 is 1.81 bits per heavy atom. The first-order valence-corrected chi connectivity index (χ1v) is 13.5. The van der Waals surface area contributed by atoms with Gasteiger partial charge >= 0.3 is 0 Å². The van der Waals surface area contributed by atoms with Gasteiger partial charge in [0.2, 0.25) is 0 Å². The number of ether oxygens (including phenoxy) is 2. The lowest BCUT2D eigenvalue weighted by atomic mass is 10.1. The standard InChI is InChI=1S/C26H25N3O5S2/c1-3-34-24-16-22(12-13-23(24)33-2)29(18-19-6-4-14-27-17-19)21-10-8-20(9-11-21)26(30)28-36(31,32)25-7-5-15-35-25/h4-17H,3,18H2,1-2H3,(H,28,30). The van der Waals surface area contributed by atoms with Gasteiger partial charge in [-0.3, -0.25) is 9.78 Å². The van der Waals surface area contributed by atoms with Crippen molar-refractivity contribution in [3.63, 3.8) is 0 Å². The van der Waals surface area contributed by atoms with Gasteiger partial charge in [-0.15, -0.1) is 11.3 Å². The van der Waals surface area contributed by atoms with Crippen LogP contribution in [0.25, 0.3) is 0 Å². The topological polar surface area (TPSA) is 97.8 Å². The van der Waals surface area contributed by atoms with Gasteiger partial charge in [0.25, 0.3) is 15.9 Å². The molecule has 1 amide bonds. The Kier molecular flexibility index (Phi) is 7.87. The molecule has 186 valence electrons. The van der Waals surface area contributed by atoms with Crippen molar-refractivity contribution in [3.8, 4) is 11.5 Å². The Balaban J connectivity index is 1.64. The molecule has 2 aromatic heterocycles. The molecule has 10 heteroatoms. The predicted molar refractivity (Wildman–Crippen MR) is 140 cm³/mol. The van der Waals surface area contributed by atoms with Crippen molar-refractivity contribution >= 4 is 38.6 Å². The number of hydrogen-bond donors (Lipinski definition) is 1. The summed E-state index contributed by atoms with van der Waals surface area (Å²) in [5, 5.41) is 1.64. The number of hydrogen-bond acceptors (Lipinski definition) is 8. The number of anilines is 2. The number of carbonyl (C=O) groups excluding carboxylic acids is 1. The van der Waals surface area contributed by atoms with Gasteiger partial charge in [-0.25, -0.2) is 13.1 Å². The lowest BCUT2D eigenvalue weighted by Gasteiger charge is -2.26. The molecule has 0 fully saturated rings. The van der Waals surface area contributed by atoms with Gasteiger partial charge in [0, 0.05) is 41.9 Å². The van der Waals surface area contributed by atoms with Crippen LogP contribution in [0.3, 0.4) is 0 Å². The number of nitrogens with one attached hydrogen (secondary N) is 1. The first-order chi connectivity index (χ1) is 17.4. The Morgan fingerprint density at radius 1 is 1.03 bits per heavy atom. The molecular formula is C26H25N3O5S2. The Hall–Kier alpha value is -3.89. The summed E-state index contributed by atoms with van der Waals surface area (Å²) in [5.74, 6) is 0.543. The van der Waals surface area contributed by atoms with Gasteiger partial charge in [0.05, 0.1) is 13.7 Å². The number of methoxy groups -OCH3 is 1. The highest BCUT2D eigenvalue weighted by atomic mass is 32.2. The normalized spacial score (nSPS) is 11.1. The zero-order chi connectivity index (χ0) is 25.5. The van der Waals surface area contributed by atoms with E-state index in [4.69, 9.17) is 9.47 Å². The highest BCUT2D eigenvalue weighted by Crippen LogP contribution is 2.36.